The molecule has 1 aromatic carbocycles. The number of benzene rings is 1. The summed E-state index contributed by atoms with van der Waals surface area (Å²) in [5.41, 5.74) is 1.86. The lowest BCUT2D eigenvalue weighted by molar-refractivity contribution is 0.101. The summed E-state index contributed by atoms with van der Waals surface area (Å²) in [5, 5.41) is 0.974. The topological polar surface area (TPSA) is 34.5 Å². The second-order valence-electron chi connectivity index (χ2n) is 5.20. The number of hydrogen-bond donors (Lipinski definition) is 0. The Hall–Kier alpha value is -1.81. The van der Waals surface area contributed by atoms with Crippen LogP contribution in [0.4, 0.5) is 0 Å². The molecule has 0 aliphatic rings. The van der Waals surface area contributed by atoms with Crippen molar-refractivity contribution < 1.29 is 9.53 Å². The zero-order valence-corrected chi connectivity index (χ0v) is 13.3. The van der Waals surface area contributed by atoms with Gasteiger partial charge in [0, 0.05) is 35.8 Å². The monoisotopic (exact) mass is 288 g/mol. The van der Waals surface area contributed by atoms with Gasteiger partial charge in [-0.05, 0) is 38.2 Å². The van der Waals surface area contributed by atoms with E-state index in [0.29, 0.717) is 0 Å². The highest BCUT2D eigenvalue weighted by molar-refractivity contribution is 6.07. The third-order valence-corrected chi connectivity index (χ3v) is 4.02. The number of carbonyl (C=O) groups excluding carboxylic acids is 1. The molecule has 0 amide bonds. The minimum absolute atomic E-state index is 0.0924. The maximum Gasteiger partial charge on any atom is 0.161 e. The van der Waals surface area contributed by atoms with Gasteiger partial charge in [0.25, 0.3) is 0 Å². The van der Waals surface area contributed by atoms with Gasteiger partial charge >= 0.3 is 0 Å². The second kappa shape index (κ2) is 6.76. The van der Waals surface area contributed by atoms with Crippen LogP contribution in [0.1, 0.15) is 31.1 Å². The minimum atomic E-state index is 0.0924. The number of carbonyl (C=O) groups is 1. The Morgan fingerprint density at radius 2 is 2.00 bits per heavy atom. The highest BCUT2D eigenvalue weighted by Gasteiger charge is 2.13. The Bertz CT molecular complexity index is 627. The first-order valence-electron chi connectivity index (χ1n) is 7.50. The predicted octanol–water partition coefficient (Wildman–Crippen LogP) is 3.19. The predicted molar refractivity (Wildman–Crippen MR) is 86.3 cm³/mol. The summed E-state index contributed by atoms with van der Waals surface area (Å²) >= 11 is 0. The van der Waals surface area contributed by atoms with Crippen molar-refractivity contribution >= 4 is 16.7 Å². The van der Waals surface area contributed by atoms with Crippen LogP contribution in [0.15, 0.2) is 24.4 Å². The van der Waals surface area contributed by atoms with Crippen LogP contribution in [-0.4, -0.2) is 42.0 Å². The molecule has 2 aromatic rings. The number of ketones is 1. The molecule has 0 saturated carbocycles. The van der Waals surface area contributed by atoms with E-state index in [2.05, 4.69) is 23.3 Å². The van der Waals surface area contributed by atoms with Crippen molar-refractivity contribution in [3.8, 4) is 5.75 Å². The Balaban J connectivity index is 2.38. The van der Waals surface area contributed by atoms with E-state index in [4.69, 9.17) is 4.74 Å². The van der Waals surface area contributed by atoms with Gasteiger partial charge in [-0.2, -0.15) is 0 Å². The normalized spacial score (nSPS) is 11.3. The molecule has 4 nitrogen and oxygen atoms in total. The fourth-order valence-corrected chi connectivity index (χ4v) is 2.66. The lowest BCUT2D eigenvalue weighted by Crippen LogP contribution is -2.26. The van der Waals surface area contributed by atoms with Gasteiger partial charge < -0.3 is 14.2 Å². The smallest absolute Gasteiger partial charge is 0.161 e. The Morgan fingerprint density at radius 1 is 1.29 bits per heavy atom. The molecule has 2 rings (SSSR count). The molecule has 0 saturated heterocycles. The second-order valence-corrected chi connectivity index (χ2v) is 5.20. The van der Waals surface area contributed by atoms with Crippen LogP contribution in [0.5, 0.6) is 5.75 Å². The summed E-state index contributed by atoms with van der Waals surface area (Å²) in [6.07, 6.45) is 1.97. The largest absolute Gasteiger partial charge is 0.497 e. The van der Waals surface area contributed by atoms with Crippen LogP contribution in [-0.2, 0) is 6.54 Å². The van der Waals surface area contributed by atoms with Crippen molar-refractivity contribution in [1.29, 1.82) is 0 Å². The minimum Gasteiger partial charge on any atom is -0.497 e. The van der Waals surface area contributed by atoms with Crippen molar-refractivity contribution in [2.45, 2.75) is 27.3 Å². The summed E-state index contributed by atoms with van der Waals surface area (Å²) in [5.74, 6) is 0.876. The van der Waals surface area contributed by atoms with Crippen molar-refractivity contribution in [2.75, 3.05) is 26.7 Å². The number of fused-ring (bicyclic) bond motifs is 1. The van der Waals surface area contributed by atoms with Gasteiger partial charge in [-0.1, -0.05) is 13.8 Å². The molecule has 4 heteroatoms. The van der Waals surface area contributed by atoms with E-state index in [-0.39, 0.29) is 5.78 Å². The third kappa shape index (κ3) is 3.27. The maximum atomic E-state index is 11.9. The SMILES string of the molecule is CCN(CC)CCn1cc(C(C)=O)c2cc(OC)ccc21. The van der Waals surface area contributed by atoms with E-state index in [1.807, 2.05) is 24.4 Å². The fourth-order valence-electron chi connectivity index (χ4n) is 2.66. The van der Waals surface area contributed by atoms with Gasteiger partial charge in [0.15, 0.2) is 5.78 Å². The number of methoxy groups -OCH3 is 1. The summed E-state index contributed by atoms with van der Waals surface area (Å²) in [7, 11) is 1.64. The van der Waals surface area contributed by atoms with Crippen molar-refractivity contribution in [3.63, 3.8) is 0 Å². The summed E-state index contributed by atoms with van der Waals surface area (Å²) in [6.45, 7) is 9.92. The van der Waals surface area contributed by atoms with Crippen LogP contribution in [0.3, 0.4) is 0 Å². The summed E-state index contributed by atoms with van der Waals surface area (Å²) in [4.78, 5) is 14.2. The van der Waals surface area contributed by atoms with Crippen molar-refractivity contribution in [3.05, 3.63) is 30.0 Å². The average Bonchev–Trinajstić information content (AvgIpc) is 2.86. The zero-order chi connectivity index (χ0) is 15.4. The molecule has 0 fully saturated rings. The number of rotatable bonds is 7. The summed E-state index contributed by atoms with van der Waals surface area (Å²) < 4.78 is 7.44. The first-order chi connectivity index (χ1) is 10.1. The molecular weight excluding hydrogens is 264 g/mol. The molecular formula is C17H24N2O2. The van der Waals surface area contributed by atoms with Crippen LogP contribution in [0, 0.1) is 0 Å². The van der Waals surface area contributed by atoms with Crippen LogP contribution in [0.25, 0.3) is 10.9 Å². The fraction of sp³-hybridized carbons (Fsp3) is 0.471. The van der Waals surface area contributed by atoms with Crippen LogP contribution in [0.2, 0.25) is 0 Å². The van der Waals surface area contributed by atoms with E-state index in [1.54, 1.807) is 14.0 Å². The Morgan fingerprint density at radius 3 is 2.57 bits per heavy atom. The average molecular weight is 288 g/mol. The van der Waals surface area contributed by atoms with Gasteiger partial charge in [-0.25, -0.2) is 0 Å². The number of aromatic nitrogens is 1. The van der Waals surface area contributed by atoms with Crippen molar-refractivity contribution in [1.82, 2.24) is 9.47 Å². The summed E-state index contributed by atoms with van der Waals surface area (Å²) in [6, 6.07) is 5.92. The van der Waals surface area contributed by atoms with E-state index < -0.39 is 0 Å². The molecule has 1 heterocycles. The molecule has 0 atom stereocenters. The molecule has 0 bridgehead atoms. The molecule has 21 heavy (non-hydrogen) atoms. The first kappa shape index (κ1) is 15.6. The molecule has 1 aromatic heterocycles. The Labute approximate surface area is 126 Å². The molecule has 0 radical (unpaired) electrons. The zero-order valence-electron chi connectivity index (χ0n) is 13.3. The van der Waals surface area contributed by atoms with Crippen LogP contribution < -0.4 is 4.74 Å². The third-order valence-electron chi connectivity index (χ3n) is 4.02. The molecule has 0 N–H and O–H groups in total. The number of ether oxygens (including phenoxy) is 1. The lowest BCUT2D eigenvalue weighted by Gasteiger charge is -2.18. The highest BCUT2D eigenvalue weighted by atomic mass is 16.5. The lowest BCUT2D eigenvalue weighted by atomic mass is 10.1. The van der Waals surface area contributed by atoms with E-state index >= 15 is 0 Å². The molecule has 0 spiro atoms. The van der Waals surface area contributed by atoms with Gasteiger partial charge in [-0.15, -0.1) is 0 Å². The van der Waals surface area contributed by atoms with E-state index in [0.717, 1.165) is 48.4 Å². The van der Waals surface area contributed by atoms with Gasteiger partial charge in [0.05, 0.1) is 7.11 Å². The Kier molecular flexibility index (Phi) is 5.02. The van der Waals surface area contributed by atoms with Gasteiger partial charge in [-0.3, -0.25) is 4.79 Å². The van der Waals surface area contributed by atoms with E-state index in [9.17, 15) is 4.79 Å². The van der Waals surface area contributed by atoms with Crippen LogP contribution >= 0.6 is 0 Å². The molecule has 0 aliphatic carbocycles. The highest BCUT2D eigenvalue weighted by Crippen LogP contribution is 2.26. The molecule has 0 aliphatic heterocycles. The quantitative estimate of drug-likeness (QED) is 0.734. The van der Waals surface area contributed by atoms with Crippen molar-refractivity contribution in [2.24, 2.45) is 0 Å². The molecule has 0 unspecified atom stereocenters. The number of hydrogen-bond acceptors (Lipinski definition) is 3. The molecule has 114 valence electrons. The number of Topliss-reactive ketones (excluding diaryl/α,β-unsaturated/α-hetero) is 1. The van der Waals surface area contributed by atoms with Gasteiger partial charge in [0.1, 0.15) is 5.75 Å². The number of likely N-dealkylation sites (N-methyl/N-ethyl adjacent to an activating group) is 1. The van der Waals surface area contributed by atoms with Gasteiger partial charge in [0.2, 0.25) is 0 Å². The standard InChI is InChI=1S/C17H24N2O2/c1-5-18(6-2)9-10-19-12-16(13(3)20)15-11-14(21-4)7-8-17(15)19/h7-8,11-12H,5-6,9-10H2,1-4H3. The van der Waals surface area contributed by atoms with E-state index in [1.165, 1.54) is 0 Å². The number of nitrogens with zero attached hydrogens (tertiary/aromatic N) is 2. The first-order valence-corrected chi connectivity index (χ1v) is 7.50. The maximum absolute atomic E-state index is 11.9.